The lowest BCUT2D eigenvalue weighted by Gasteiger charge is -2.30. The number of hydrogen-bond donors (Lipinski definition) is 0. The molecule has 0 N–H and O–H groups in total. The number of benzene rings is 2. The Morgan fingerprint density at radius 2 is 1.94 bits per heavy atom. The van der Waals surface area contributed by atoms with Gasteiger partial charge in [-0.2, -0.15) is 0 Å². The standard InChI is InChI=1S/C23H25Cl2N3O3/c1-4-11-27(22(29)16-9-10-18(24)19(25)14-16)15(2)21-26-20-8-6-5-7-17(20)23(30)28(21)12-13-31-3/h5-10,14-15H,4,11-13H2,1-3H3. The van der Waals surface area contributed by atoms with E-state index < -0.39 is 6.04 Å². The van der Waals surface area contributed by atoms with Gasteiger partial charge in [0.2, 0.25) is 0 Å². The first-order valence-corrected chi connectivity index (χ1v) is 10.9. The highest BCUT2D eigenvalue weighted by molar-refractivity contribution is 6.42. The number of carbonyl (C=O) groups is 1. The normalized spacial score (nSPS) is 12.2. The maximum Gasteiger partial charge on any atom is 0.261 e. The fourth-order valence-electron chi connectivity index (χ4n) is 3.55. The van der Waals surface area contributed by atoms with Crippen LogP contribution in [0, 0.1) is 0 Å². The number of para-hydroxylation sites is 1. The number of aromatic nitrogens is 2. The van der Waals surface area contributed by atoms with Crippen molar-refractivity contribution in [2.75, 3.05) is 20.3 Å². The molecule has 1 amide bonds. The summed E-state index contributed by atoms with van der Waals surface area (Å²) in [5.74, 6) is 0.316. The molecule has 0 saturated carbocycles. The fourth-order valence-corrected chi connectivity index (χ4v) is 3.85. The molecule has 0 aliphatic rings. The summed E-state index contributed by atoms with van der Waals surface area (Å²) >= 11 is 12.1. The predicted octanol–water partition coefficient (Wildman–Crippen LogP) is 4.96. The third-order valence-corrected chi connectivity index (χ3v) is 5.88. The maximum absolute atomic E-state index is 13.4. The number of nitrogens with zero attached hydrogens (tertiary/aromatic N) is 3. The van der Waals surface area contributed by atoms with Crippen LogP contribution in [0.4, 0.5) is 0 Å². The van der Waals surface area contributed by atoms with Gasteiger partial charge in [0.15, 0.2) is 0 Å². The fraction of sp³-hybridized carbons (Fsp3) is 0.348. The molecule has 2 aromatic carbocycles. The third kappa shape index (κ3) is 4.92. The number of halogens is 2. The van der Waals surface area contributed by atoms with Gasteiger partial charge in [-0.1, -0.05) is 42.3 Å². The Balaban J connectivity index is 2.10. The Morgan fingerprint density at radius 1 is 1.19 bits per heavy atom. The molecule has 3 rings (SSSR count). The van der Waals surface area contributed by atoms with E-state index in [1.54, 1.807) is 46.9 Å². The predicted molar refractivity (Wildman–Crippen MR) is 124 cm³/mol. The van der Waals surface area contributed by atoms with E-state index in [-0.39, 0.29) is 11.5 Å². The first-order chi connectivity index (χ1) is 14.9. The van der Waals surface area contributed by atoms with E-state index >= 15 is 0 Å². The maximum atomic E-state index is 13.4. The summed E-state index contributed by atoms with van der Waals surface area (Å²) in [5, 5.41) is 1.24. The van der Waals surface area contributed by atoms with Crippen LogP contribution in [0.1, 0.15) is 42.5 Å². The molecule has 0 fully saturated rings. The smallest absolute Gasteiger partial charge is 0.261 e. The molecule has 0 spiro atoms. The van der Waals surface area contributed by atoms with Crippen LogP contribution in [-0.2, 0) is 11.3 Å². The Morgan fingerprint density at radius 3 is 2.61 bits per heavy atom. The van der Waals surface area contributed by atoms with Crippen molar-refractivity contribution in [1.29, 1.82) is 0 Å². The number of hydrogen-bond acceptors (Lipinski definition) is 4. The van der Waals surface area contributed by atoms with Gasteiger partial charge in [-0.3, -0.25) is 14.2 Å². The summed E-state index contributed by atoms with van der Waals surface area (Å²) in [6, 6.07) is 11.6. The van der Waals surface area contributed by atoms with Gasteiger partial charge in [-0.15, -0.1) is 0 Å². The van der Waals surface area contributed by atoms with Crippen LogP contribution in [0.5, 0.6) is 0 Å². The summed E-state index contributed by atoms with van der Waals surface area (Å²) in [6.45, 7) is 5.06. The van der Waals surface area contributed by atoms with Crippen LogP contribution in [0.3, 0.4) is 0 Å². The second-order valence-electron chi connectivity index (χ2n) is 7.24. The zero-order valence-corrected chi connectivity index (χ0v) is 19.3. The van der Waals surface area contributed by atoms with Gasteiger partial charge >= 0.3 is 0 Å². The third-order valence-electron chi connectivity index (χ3n) is 5.14. The molecule has 6 nitrogen and oxygen atoms in total. The minimum Gasteiger partial charge on any atom is -0.383 e. The summed E-state index contributed by atoms with van der Waals surface area (Å²) in [5.41, 5.74) is 0.880. The summed E-state index contributed by atoms with van der Waals surface area (Å²) in [7, 11) is 1.58. The highest BCUT2D eigenvalue weighted by Gasteiger charge is 2.27. The molecule has 3 aromatic rings. The van der Waals surface area contributed by atoms with E-state index in [1.165, 1.54) is 0 Å². The lowest BCUT2D eigenvalue weighted by molar-refractivity contribution is 0.0677. The number of methoxy groups -OCH3 is 1. The van der Waals surface area contributed by atoms with E-state index in [1.807, 2.05) is 26.0 Å². The lowest BCUT2D eigenvalue weighted by atomic mass is 10.1. The number of fused-ring (bicyclic) bond motifs is 1. The van der Waals surface area contributed by atoms with Gasteiger partial charge in [0, 0.05) is 19.2 Å². The monoisotopic (exact) mass is 461 g/mol. The first-order valence-electron chi connectivity index (χ1n) is 10.1. The van der Waals surface area contributed by atoms with Crippen LogP contribution in [0.15, 0.2) is 47.3 Å². The highest BCUT2D eigenvalue weighted by Crippen LogP contribution is 2.26. The van der Waals surface area contributed by atoms with Crippen molar-refractivity contribution in [1.82, 2.24) is 14.5 Å². The van der Waals surface area contributed by atoms with Gasteiger partial charge in [0.25, 0.3) is 11.5 Å². The number of rotatable bonds is 8. The van der Waals surface area contributed by atoms with Crippen molar-refractivity contribution >= 4 is 40.0 Å². The molecule has 0 saturated heterocycles. The van der Waals surface area contributed by atoms with E-state index in [0.717, 1.165) is 6.42 Å². The second kappa shape index (κ2) is 10.3. The van der Waals surface area contributed by atoms with Crippen LogP contribution in [0.2, 0.25) is 10.0 Å². The molecule has 1 unspecified atom stereocenters. The molecule has 8 heteroatoms. The van der Waals surface area contributed by atoms with Crippen molar-refractivity contribution in [3.8, 4) is 0 Å². The molecule has 0 radical (unpaired) electrons. The Bertz CT molecular complexity index is 1150. The van der Waals surface area contributed by atoms with Gasteiger partial charge < -0.3 is 9.64 Å². The zero-order chi connectivity index (χ0) is 22.5. The van der Waals surface area contributed by atoms with Gasteiger partial charge in [-0.05, 0) is 43.7 Å². The Hall–Kier alpha value is -2.41. The lowest BCUT2D eigenvalue weighted by Crippen LogP contribution is -2.38. The second-order valence-corrected chi connectivity index (χ2v) is 8.05. The number of carbonyl (C=O) groups excluding carboxylic acids is 1. The van der Waals surface area contributed by atoms with E-state index in [4.69, 9.17) is 32.9 Å². The van der Waals surface area contributed by atoms with Crippen molar-refractivity contribution in [3.63, 3.8) is 0 Å². The summed E-state index contributed by atoms with van der Waals surface area (Å²) in [6.07, 6.45) is 0.743. The quantitative estimate of drug-likeness (QED) is 0.475. The summed E-state index contributed by atoms with van der Waals surface area (Å²) < 4.78 is 6.80. The average Bonchev–Trinajstić information content (AvgIpc) is 2.77. The zero-order valence-electron chi connectivity index (χ0n) is 17.8. The highest BCUT2D eigenvalue weighted by atomic mass is 35.5. The van der Waals surface area contributed by atoms with Crippen molar-refractivity contribution < 1.29 is 9.53 Å². The molecule has 164 valence electrons. The van der Waals surface area contributed by atoms with E-state index in [0.29, 0.717) is 52.0 Å². The van der Waals surface area contributed by atoms with Crippen molar-refractivity contribution in [3.05, 3.63) is 74.3 Å². The number of ether oxygens (including phenoxy) is 1. The Kier molecular flexibility index (Phi) is 7.70. The minimum atomic E-state index is -0.448. The Labute approximate surface area is 191 Å². The molecular formula is C23H25Cl2N3O3. The topological polar surface area (TPSA) is 64.4 Å². The van der Waals surface area contributed by atoms with Crippen LogP contribution in [-0.4, -0.2) is 40.6 Å². The molecular weight excluding hydrogens is 437 g/mol. The molecule has 31 heavy (non-hydrogen) atoms. The van der Waals surface area contributed by atoms with Gasteiger partial charge in [-0.25, -0.2) is 4.98 Å². The molecule has 0 aliphatic carbocycles. The van der Waals surface area contributed by atoms with Crippen molar-refractivity contribution in [2.24, 2.45) is 0 Å². The molecule has 0 aliphatic heterocycles. The molecule has 1 aromatic heterocycles. The summed E-state index contributed by atoms with van der Waals surface area (Å²) in [4.78, 5) is 33.0. The van der Waals surface area contributed by atoms with E-state index in [2.05, 4.69) is 0 Å². The average molecular weight is 462 g/mol. The van der Waals surface area contributed by atoms with Crippen LogP contribution >= 0.6 is 23.2 Å². The van der Waals surface area contributed by atoms with Crippen LogP contribution < -0.4 is 5.56 Å². The van der Waals surface area contributed by atoms with Gasteiger partial charge in [0.05, 0.1) is 40.1 Å². The SMILES string of the molecule is CCCN(C(=O)c1ccc(Cl)c(Cl)c1)C(C)c1nc2ccccc2c(=O)n1CCOC. The minimum absolute atomic E-state index is 0.150. The van der Waals surface area contributed by atoms with E-state index in [9.17, 15) is 9.59 Å². The first kappa shape index (κ1) is 23.3. The molecule has 1 atom stereocenters. The van der Waals surface area contributed by atoms with Crippen molar-refractivity contribution in [2.45, 2.75) is 32.9 Å². The largest absolute Gasteiger partial charge is 0.383 e. The molecule has 0 bridgehead atoms. The number of amides is 1. The van der Waals surface area contributed by atoms with Gasteiger partial charge in [0.1, 0.15) is 5.82 Å². The molecule has 1 heterocycles. The van der Waals surface area contributed by atoms with Crippen LogP contribution in [0.25, 0.3) is 10.9 Å².